The Morgan fingerprint density at radius 1 is 0.950 bits per heavy atom. The van der Waals surface area contributed by atoms with Gasteiger partial charge >= 0.3 is 0 Å². The standard InChI is InChI=1S/C31H30N6O2S/c38-29(18-25-20-40-28-9-5-4-8-27(25)28)37(26-16-14-23(15-17-26)22-6-2-1-3-7-22)19-21-10-12-24(13-11-21)30(39)32-31-33-35-36-34-31/h4-5,8-17,20,22H,1-3,6-7,18-19H2,(H2,32,33,34,35,36,39). The Labute approximate surface area is 236 Å². The largest absolute Gasteiger partial charge is 0.308 e. The summed E-state index contributed by atoms with van der Waals surface area (Å²) in [6.07, 6.45) is 6.69. The van der Waals surface area contributed by atoms with E-state index in [-0.39, 0.29) is 17.8 Å². The molecule has 5 aromatic rings. The molecule has 1 fully saturated rings. The zero-order valence-electron chi connectivity index (χ0n) is 22.0. The molecule has 2 amide bonds. The number of benzene rings is 3. The molecule has 0 saturated heterocycles. The average Bonchev–Trinajstić information content (AvgIpc) is 3.67. The fourth-order valence-corrected chi connectivity index (χ4v) is 6.41. The predicted octanol–water partition coefficient (Wildman–Crippen LogP) is 6.49. The van der Waals surface area contributed by atoms with Gasteiger partial charge in [0.15, 0.2) is 0 Å². The zero-order chi connectivity index (χ0) is 27.3. The van der Waals surface area contributed by atoms with Crippen LogP contribution in [0.1, 0.15) is 65.1 Å². The van der Waals surface area contributed by atoms with E-state index in [0.717, 1.165) is 22.2 Å². The number of rotatable bonds is 8. The summed E-state index contributed by atoms with van der Waals surface area (Å²) in [5.41, 5.74) is 4.67. The summed E-state index contributed by atoms with van der Waals surface area (Å²) in [4.78, 5) is 28.2. The van der Waals surface area contributed by atoms with Crippen molar-refractivity contribution in [2.24, 2.45) is 0 Å². The van der Waals surface area contributed by atoms with Crippen LogP contribution in [0.3, 0.4) is 0 Å². The molecule has 6 rings (SSSR count). The highest BCUT2D eigenvalue weighted by molar-refractivity contribution is 7.17. The number of thiophene rings is 1. The average molecular weight is 551 g/mol. The Morgan fingerprint density at radius 3 is 2.48 bits per heavy atom. The molecule has 1 saturated carbocycles. The molecule has 0 radical (unpaired) electrons. The van der Waals surface area contributed by atoms with Gasteiger partial charge in [0.05, 0.1) is 13.0 Å². The molecule has 40 heavy (non-hydrogen) atoms. The summed E-state index contributed by atoms with van der Waals surface area (Å²) in [7, 11) is 0. The Bertz CT molecular complexity index is 1590. The van der Waals surface area contributed by atoms with E-state index in [4.69, 9.17) is 0 Å². The van der Waals surface area contributed by atoms with E-state index in [1.54, 1.807) is 23.5 Å². The van der Waals surface area contributed by atoms with Gasteiger partial charge in [-0.25, -0.2) is 0 Å². The number of anilines is 2. The minimum atomic E-state index is -0.330. The molecule has 0 aliphatic heterocycles. The van der Waals surface area contributed by atoms with Crippen LogP contribution in [0.5, 0.6) is 0 Å². The number of amides is 2. The molecule has 1 aliphatic carbocycles. The molecule has 8 nitrogen and oxygen atoms in total. The maximum absolute atomic E-state index is 13.8. The molecule has 9 heteroatoms. The van der Waals surface area contributed by atoms with Crippen molar-refractivity contribution in [1.29, 1.82) is 0 Å². The second kappa shape index (κ2) is 11.8. The second-order valence-electron chi connectivity index (χ2n) is 10.2. The molecule has 3 aromatic carbocycles. The highest BCUT2D eigenvalue weighted by Gasteiger charge is 2.21. The van der Waals surface area contributed by atoms with Crippen molar-refractivity contribution in [1.82, 2.24) is 20.6 Å². The maximum Gasteiger partial charge on any atom is 0.270 e. The molecule has 2 aromatic heterocycles. The van der Waals surface area contributed by atoms with Crippen LogP contribution in [0.25, 0.3) is 10.1 Å². The third-order valence-corrected chi connectivity index (χ3v) is 8.63. The number of carbonyl (C=O) groups excluding carboxylic acids is 2. The van der Waals surface area contributed by atoms with Gasteiger partial charge in [-0.3, -0.25) is 14.9 Å². The molecule has 0 spiro atoms. The number of carbonyl (C=O) groups is 2. The number of nitrogens with zero attached hydrogens (tertiary/aromatic N) is 4. The summed E-state index contributed by atoms with van der Waals surface area (Å²) in [6, 6.07) is 24.0. The van der Waals surface area contributed by atoms with Crippen LogP contribution in [0, 0.1) is 0 Å². The van der Waals surface area contributed by atoms with Crippen LogP contribution in [0.4, 0.5) is 11.6 Å². The molecule has 0 unspecified atom stereocenters. The lowest BCUT2D eigenvalue weighted by Gasteiger charge is -2.25. The van der Waals surface area contributed by atoms with Crippen molar-refractivity contribution >= 4 is 44.9 Å². The first-order valence-electron chi connectivity index (χ1n) is 13.6. The van der Waals surface area contributed by atoms with Gasteiger partial charge in [0.2, 0.25) is 5.91 Å². The van der Waals surface area contributed by atoms with Gasteiger partial charge in [-0.2, -0.15) is 5.21 Å². The Balaban J connectivity index is 1.23. The van der Waals surface area contributed by atoms with Crippen molar-refractivity contribution < 1.29 is 9.59 Å². The summed E-state index contributed by atoms with van der Waals surface area (Å²) in [5.74, 6) is 0.426. The summed E-state index contributed by atoms with van der Waals surface area (Å²) in [5, 5.41) is 19.1. The molecule has 1 aliphatic rings. The topological polar surface area (TPSA) is 104 Å². The van der Waals surface area contributed by atoms with Gasteiger partial charge in [-0.15, -0.1) is 16.4 Å². The first-order valence-corrected chi connectivity index (χ1v) is 14.5. The number of fused-ring (bicyclic) bond motifs is 1. The smallest absolute Gasteiger partial charge is 0.270 e. The van der Waals surface area contributed by atoms with E-state index in [1.807, 2.05) is 29.2 Å². The Hall–Kier alpha value is -4.37. The fraction of sp³-hybridized carbons (Fsp3) is 0.258. The Kier molecular flexibility index (Phi) is 7.63. The minimum Gasteiger partial charge on any atom is -0.308 e. The highest BCUT2D eigenvalue weighted by Crippen LogP contribution is 2.34. The maximum atomic E-state index is 13.8. The van der Waals surface area contributed by atoms with Gasteiger partial charge in [-0.1, -0.05) is 66.8 Å². The van der Waals surface area contributed by atoms with Crippen LogP contribution in [-0.4, -0.2) is 32.4 Å². The third-order valence-electron chi connectivity index (χ3n) is 7.61. The van der Waals surface area contributed by atoms with Crippen molar-refractivity contribution in [2.75, 3.05) is 10.2 Å². The molecular weight excluding hydrogens is 520 g/mol. The van der Waals surface area contributed by atoms with E-state index in [9.17, 15) is 9.59 Å². The number of hydrogen-bond donors (Lipinski definition) is 2. The zero-order valence-corrected chi connectivity index (χ0v) is 22.9. The summed E-state index contributed by atoms with van der Waals surface area (Å²) < 4.78 is 1.18. The quantitative estimate of drug-likeness (QED) is 0.230. The molecule has 202 valence electrons. The van der Waals surface area contributed by atoms with Gasteiger partial charge in [0.25, 0.3) is 11.9 Å². The van der Waals surface area contributed by atoms with Crippen molar-refractivity contribution in [2.45, 2.75) is 51.0 Å². The van der Waals surface area contributed by atoms with Gasteiger partial charge < -0.3 is 4.90 Å². The molecule has 2 N–H and O–H groups in total. The van der Waals surface area contributed by atoms with Crippen molar-refractivity contribution in [3.63, 3.8) is 0 Å². The number of aromatic nitrogens is 4. The Morgan fingerprint density at radius 2 is 1.73 bits per heavy atom. The molecule has 2 heterocycles. The van der Waals surface area contributed by atoms with Crippen LogP contribution in [-0.2, 0) is 17.8 Å². The number of hydrogen-bond acceptors (Lipinski definition) is 6. The van der Waals surface area contributed by atoms with E-state index < -0.39 is 0 Å². The van der Waals surface area contributed by atoms with Crippen LogP contribution in [0.15, 0.2) is 78.2 Å². The van der Waals surface area contributed by atoms with E-state index in [0.29, 0.717) is 24.4 Å². The second-order valence-corrected chi connectivity index (χ2v) is 11.1. The van der Waals surface area contributed by atoms with E-state index in [2.05, 4.69) is 67.7 Å². The summed E-state index contributed by atoms with van der Waals surface area (Å²) in [6.45, 7) is 0.399. The van der Waals surface area contributed by atoms with Crippen LogP contribution in [0.2, 0.25) is 0 Å². The first kappa shape index (κ1) is 25.9. The summed E-state index contributed by atoms with van der Waals surface area (Å²) >= 11 is 1.67. The SMILES string of the molecule is O=C(Nc1nn[nH]n1)c1ccc(CN(C(=O)Cc2csc3ccccc23)c2ccc(C3CCCCC3)cc2)cc1. The van der Waals surface area contributed by atoms with Gasteiger partial charge in [0, 0.05) is 16.0 Å². The lowest BCUT2D eigenvalue weighted by atomic mass is 9.84. The predicted molar refractivity (Wildman–Crippen MR) is 158 cm³/mol. The van der Waals surface area contributed by atoms with Crippen molar-refractivity contribution in [3.8, 4) is 0 Å². The highest BCUT2D eigenvalue weighted by atomic mass is 32.1. The molecule has 0 bridgehead atoms. The molecule has 0 atom stereocenters. The first-order chi connectivity index (χ1) is 19.6. The monoisotopic (exact) mass is 550 g/mol. The minimum absolute atomic E-state index is 0.0351. The van der Waals surface area contributed by atoms with E-state index in [1.165, 1.54) is 42.4 Å². The number of aromatic amines is 1. The third kappa shape index (κ3) is 5.79. The van der Waals surface area contributed by atoms with Crippen LogP contribution >= 0.6 is 11.3 Å². The van der Waals surface area contributed by atoms with Crippen molar-refractivity contribution in [3.05, 3.63) is 100 Å². The number of H-pyrrole nitrogens is 1. The van der Waals surface area contributed by atoms with Crippen LogP contribution < -0.4 is 10.2 Å². The number of tetrazole rings is 1. The lowest BCUT2D eigenvalue weighted by molar-refractivity contribution is -0.118. The lowest BCUT2D eigenvalue weighted by Crippen LogP contribution is -2.31. The van der Waals surface area contributed by atoms with E-state index >= 15 is 0 Å². The fourth-order valence-electron chi connectivity index (χ4n) is 5.45. The number of nitrogens with one attached hydrogen (secondary N) is 2. The van der Waals surface area contributed by atoms with Gasteiger partial charge in [0.1, 0.15) is 0 Å². The molecular formula is C31H30N6O2S. The normalized spacial score (nSPS) is 13.8. The van der Waals surface area contributed by atoms with Gasteiger partial charge in [-0.05, 0) is 81.8 Å².